The van der Waals surface area contributed by atoms with Gasteiger partial charge in [-0.15, -0.1) is 0 Å². The van der Waals surface area contributed by atoms with Crippen LogP contribution >= 0.6 is 0 Å². The van der Waals surface area contributed by atoms with Gasteiger partial charge in [-0.05, 0) is 30.0 Å². The molecule has 0 heterocycles. The van der Waals surface area contributed by atoms with Gasteiger partial charge in [-0.25, -0.2) is 13.2 Å². The molecule has 0 saturated heterocycles. The second-order valence-corrected chi connectivity index (χ2v) is 3.59. The molecule has 1 aromatic carbocycles. The summed E-state index contributed by atoms with van der Waals surface area (Å²) in [4.78, 5) is 10.5. The molecule has 1 aliphatic carbocycles. The fourth-order valence-electron chi connectivity index (χ4n) is 1.63. The minimum absolute atomic E-state index is 0.207. The van der Waals surface area contributed by atoms with Crippen molar-refractivity contribution in [3.63, 3.8) is 0 Å². The summed E-state index contributed by atoms with van der Waals surface area (Å²) in [7, 11) is 0. The fraction of sp³-hybridized carbons (Fsp3) is 0.300. The molecule has 0 bridgehead atoms. The van der Waals surface area contributed by atoms with Gasteiger partial charge >= 0.3 is 5.97 Å². The molecule has 15 heavy (non-hydrogen) atoms. The fourth-order valence-corrected chi connectivity index (χ4v) is 1.63. The van der Waals surface area contributed by atoms with E-state index in [9.17, 15) is 18.0 Å². The van der Waals surface area contributed by atoms with Crippen LogP contribution in [0.3, 0.4) is 0 Å². The second kappa shape index (κ2) is 3.25. The van der Waals surface area contributed by atoms with Gasteiger partial charge in [-0.3, -0.25) is 4.79 Å². The number of halogens is 3. The highest BCUT2D eigenvalue weighted by molar-refractivity contribution is 5.75. The van der Waals surface area contributed by atoms with E-state index in [0.717, 1.165) is 12.1 Å². The number of carboxylic acids is 1. The van der Waals surface area contributed by atoms with Gasteiger partial charge in [-0.1, -0.05) is 0 Å². The first-order valence-corrected chi connectivity index (χ1v) is 4.38. The molecule has 1 fully saturated rings. The summed E-state index contributed by atoms with van der Waals surface area (Å²) >= 11 is 0. The summed E-state index contributed by atoms with van der Waals surface area (Å²) in [5.74, 6) is -6.07. The van der Waals surface area contributed by atoms with Crippen molar-refractivity contribution in [3.05, 3.63) is 35.1 Å². The van der Waals surface area contributed by atoms with Crippen LogP contribution in [0.5, 0.6) is 0 Å². The van der Waals surface area contributed by atoms with Crippen molar-refractivity contribution in [1.82, 2.24) is 0 Å². The van der Waals surface area contributed by atoms with Crippen LogP contribution in [0.2, 0.25) is 0 Å². The maximum atomic E-state index is 12.8. The molecule has 0 unspecified atom stereocenters. The minimum Gasteiger partial charge on any atom is -0.481 e. The van der Waals surface area contributed by atoms with Crippen molar-refractivity contribution >= 4 is 5.97 Å². The van der Waals surface area contributed by atoms with E-state index in [1.807, 2.05) is 0 Å². The predicted molar refractivity (Wildman–Crippen MR) is 44.8 cm³/mol. The van der Waals surface area contributed by atoms with Crippen LogP contribution in [0.1, 0.15) is 17.9 Å². The Kier molecular flexibility index (Phi) is 2.17. The third kappa shape index (κ3) is 1.69. The average Bonchev–Trinajstić information content (AvgIpc) is 2.92. The average molecular weight is 216 g/mol. The Morgan fingerprint density at radius 3 is 2.20 bits per heavy atom. The van der Waals surface area contributed by atoms with Crippen molar-refractivity contribution in [2.24, 2.45) is 5.92 Å². The van der Waals surface area contributed by atoms with Gasteiger partial charge in [0.15, 0.2) is 17.5 Å². The number of rotatable bonds is 2. The van der Waals surface area contributed by atoms with E-state index < -0.39 is 35.3 Å². The molecule has 1 aromatic rings. The molecule has 0 radical (unpaired) electrons. The maximum absolute atomic E-state index is 12.8. The molecular formula is C10H7F3O2. The number of aliphatic carboxylic acids is 1. The summed E-state index contributed by atoms with van der Waals surface area (Å²) in [5, 5.41) is 8.62. The van der Waals surface area contributed by atoms with Crippen molar-refractivity contribution in [2.45, 2.75) is 12.3 Å². The first-order chi connectivity index (χ1) is 7.00. The summed E-state index contributed by atoms with van der Waals surface area (Å²) in [6, 6.07) is 1.71. The van der Waals surface area contributed by atoms with Crippen LogP contribution in [0.4, 0.5) is 13.2 Å². The van der Waals surface area contributed by atoms with Gasteiger partial charge in [0.05, 0.1) is 5.92 Å². The zero-order chi connectivity index (χ0) is 11.2. The molecule has 0 spiro atoms. The van der Waals surface area contributed by atoms with Gasteiger partial charge in [0.2, 0.25) is 0 Å². The zero-order valence-electron chi connectivity index (χ0n) is 7.51. The summed E-state index contributed by atoms with van der Waals surface area (Å²) < 4.78 is 38.2. The SMILES string of the molecule is O=C(O)[C@@H]1C[C@H]1c1cc(F)c(F)c(F)c1. The molecule has 2 atom stereocenters. The lowest BCUT2D eigenvalue weighted by atomic mass is 10.1. The normalized spacial score (nSPS) is 23.9. The van der Waals surface area contributed by atoms with Crippen LogP contribution in [-0.2, 0) is 4.79 Å². The lowest BCUT2D eigenvalue weighted by Gasteiger charge is -2.01. The van der Waals surface area contributed by atoms with Gasteiger partial charge in [-0.2, -0.15) is 0 Å². The highest BCUT2D eigenvalue weighted by Gasteiger charge is 2.44. The number of carbonyl (C=O) groups is 1. The van der Waals surface area contributed by atoms with Gasteiger partial charge in [0, 0.05) is 0 Å². The molecule has 2 nitrogen and oxygen atoms in total. The molecule has 0 amide bonds. The lowest BCUT2D eigenvalue weighted by molar-refractivity contribution is -0.138. The van der Waals surface area contributed by atoms with Crippen LogP contribution in [0.15, 0.2) is 12.1 Å². The molecule has 2 rings (SSSR count). The van der Waals surface area contributed by atoms with E-state index in [1.165, 1.54) is 0 Å². The Morgan fingerprint density at radius 2 is 1.80 bits per heavy atom. The number of carboxylic acid groups (broad SMARTS) is 1. The van der Waals surface area contributed by atoms with E-state index in [-0.39, 0.29) is 5.56 Å². The minimum atomic E-state index is -1.52. The monoisotopic (exact) mass is 216 g/mol. The molecule has 1 saturated carbocycles. The van der Waals surface area contributed by atoms with Crippen LogP contribution in [0, 0.1) is 23.4 Å². The van der Waals surface area contributed by atoms with Crippen molar-refractivity contribution in [3.8, 4) is 0 Å². The Hall–Kier alpha value is -1.52. The maximum Gasteiger partial charge on any atom is 0.307 e. The molecule has 0 aromatic heterocycles. The molecule has 80 valence electrons. The number of hydrogen-bond donors (Lipinski definition) is 1. The number of benzene rings is 1. The third-order valence-electron chi connectivity index (χ3n) is 2.54. The standard InChI is InChI=1S/C10H7F3O2/c11-7-1-4(2-8(12)9(7)13)5-3-6(5)10(14)15/h1-2,5-6H,3H2,(H,14,15)/t5-,6+/m0/s1. The predicted octanol–water partition coefficient (Wildman–Crippen LogP) is 2.29. The Labute approximate surface area is 83.3 Å². The smallest absolute Gasteiger partial charge is 0.307 e. The third-order valence-corrected chi connectivity index (χ3v) is 2.54. The van der Waals surface area contributed by atoms with Crippen LogP contribution < -0.4 is 0 Å². The molecular weight excluding hydrogens is 209 g/mol. The summed E-state index contributed by atoms with van der Waals surface area (Å²) in [5.41, 5.74) is 0.207. The van der Waals surface area contributed by atoms with Crippen molar-refractivity contribution in [1.29, 1.82) is 0 Å². The van der Waals surface area contributed by atoms with E-state index in [2.05, 4.69) is 0 Å². The zero-order valence-corrected chi connectivity index (χ0v) is 7.51. The van der Waals surface area contributed by atoms with Crippen molar-refractivity contribution in [2.75, 3.05) is 0 Å². The first kappa shape index (κ1) is 10.0. The molecule has 1 aliphatic rings. The van der Waals surface area contributed by atoms with Gasteiger partial charge in [0.25, 0.3) is 0 Å². The Bertz CT molecular complexity index is 408. The first-order valence-electron chi connectivity index (χ1n) is 4.38. The Balaban J connectivity index is 2.28. The second-order valence-electron chi connectivity index (χ2n) is 3.59. The van der Waals surface area contributed by atoms with Gasteiger partial charge in [0.1, 0.15) is 0 Å². The van der Waals surface area contributed by atoms with E-state index in [1.54, 1.807) is 0 Å². The number of hydrogen-bond acceptors (Lipinski definition) is 1. The van der Waals surface area contributed by atoms with Gasteiger partial charge < -0.3 is 5.11 Å². The molecule has 1 N–H and O–H groups in total. The summed E-state index contributed by atoms with van der Waals surface area (Å²) in [6.45, 7) is 0. The van der Waals surface area contributed by atoms with E-state index in [0.29, 0.717) is 6.42 Å². The van der Waals surface area contributed by atoms with E-state index >= 15 is 0 Å². The highest BCUT2D eigenvalue weighted by atomic mass is 19.2. The Morgan fingerprint density at radius 1 is 1.27 bits per heavy atom. The highest BCUT2D eigenvalue weighted by Crippen LogP contribution is 2.47. The van der Waals surface area contributed by atoms with Crippen LogP contribution in [0.25, 0.3) is 0 Å². The van der Waals surface area contributed by atoms with Crippen LogP contribution in [-0.4, -0.2) is 11.1 Å². The lowest BCUT2D eigenvalue weighted by Crippen LogP contribution is -2.00. The molecule has 5 heteroatoms. The topological polar surface area (TPSA) is 37.3 Å². The quantitative estimate of drug-likeness (QED) is 0.770. The van der Waals surface area contributed by atoms with E-state index in [4.69, 9.17) is 5.11 Å². The summed E-state index contributed by atoms with van der Waals surface area (Å²) in [6.07, 6.45) is 0.347. The molecule has 0 aliphatic heterocycles. The largest absolute Gasteiger partial charge is 0.481 e. The van der Waals surface area contributed by atoms with Crippen molar-refractivity contribution < 1.29 is 23.1 Å².